The zero-order chi connectivity index (χ0) is 24.3. The Bertz CT molecular complexity index is 1430. The summed E-state index contributed by atoms with van der Waals surface area (Å²) in [5.74, 6) is 0.346. The minimum Gasteiger partial charge on any atom is -0.340 e. The molecule has 0 aliphatic rings. The SMILES string of the molecule is Cc1ccc(Nc2nc(C)cc(Nc3ccc(NS(=O)(=O)c4ccc(F)c(Cl)c4)cc3)n2)cc1. The van der Waals surface area contributed by atoms with E-state index in [1.807, 2.05) is 38.1 Å². The molecule has 4 rings (SSSR count). The van der Waals surface area contributed by atoms with E-state index in [-0.39, 0.29) is 9.92 Å². The van der Waals surface area contributed by atoms with Crippen LogP contribution in [0.3, 0.4) is 0 Å². The van der Waals surface area contributed by atoms with Gasteiger partial charge in [0.1, 0.15) is 11.6 Å². The number of sulfonamides is 1. The highest BCUT2D eigenvalue weighted by Gasteiger charge is 2.16. The van der Waals surface area contributed by atoms with Crippen LogP contribution in [0.2, 0.25) is 5.02 Å². The summed E-state index contributed by atoms with van der Waals surface area (Å²) in [6.07, 6.45) is 0. The van der Waals surface area contributed by atoms with Gasteiger partial charge in [-0.1, -0.05) is 29.3 Å². The molecule has 0 saturated heterocycles. The zero-order valence-corrected chi connectivity index (χ0v) is 19.9. The minimum atomic E-state index is -3.92. The maximum atomic E-state index is 13.3. The molecule has 4 aromatic rings. The molecule has 0 unspecified atom stereocenters. The van der Waals surface area contributed by atoms with Crippen molar-refractivity contribution in [2.75, 3.05) is 15.4 Å². The summed E-state index contributed by atoms with van der Waals surface area (Å²) < 4.78 is 40.9. The lowest BCUT2D eigenvalue weighted by Crippen LogP contribution is -2.13. The Morgan fingerprint density at radius 3 is 2.09 bits per heavy atom. The number of rotatable bonds is 7. The Balaban J connectivity index is 1.46. The lowest BCUT2D eigenvalue weighted by atomic mass is 10.2. The lowest BCUT2D eigenvalue weighted by Gasteiger charge is -2.12. The minimum absolute atomic E-state index is 0.133. The van der Waals surface area contributed by atoms with Crippen molar-refractivity contribution in [2.24, 2.45) is 0 Å². The first-order chi connectivity index (χ1) is 16.2. The number of hydrogen-bond acceptors (Lipinski definition) is 6. The summed E-state index contributed by atoms with van der Waals surface area (Å²) in [6.45, 7) is 3.89. The summed E-state index contributed by atoms with van der Waals surface area (Å²) in [7, 11) is -3.92. The Morgan fingerprint density at radius 2 is 1.41 bits per heavy atom. The molecule has 1 aromatic heterocycles. The van der Waals surface area contributed by atoms with Crippen LogP contribution in [0, 0.1) is 19.7 Å². The monoisotopic (exact) mass is 497 g/mol. The van der Waals surface area contributed by atoms with Gasteiger partial charge in [-0.15, -0.1) is 0 Å². The van der Waals surface area contributed by atoms with E-state index in [0.29, 0.717) is 23.1 Å². The Hall–Kier alpha value is -3.69. The molecule has 0 bridgehead atoms. The zero-order valence-electron chi connectivity index (χ0n) is 18.3. The fourth-order valence-corrected chi connectivity index (χ4v) is 4.41. The Kier molecular flexibility index (Phi) is 6.67. The van der Waals surface area contributed by atoms with E-state index in [1.165, 1.54) is 0 Å². The third kappa shape index (κ3) is 5.81. The van der Waals surface area contributed by atoms with Crippen LogP contribution < -0.4 is 15.4 Å². The molecule has 0 amide bonds. The molecule has 7 nitrogen and oxygen atoms in total. The molecule has 3 aromatic carbocycles. The van der Waals surface area contributed by atoms with Crippen molar-refractivity contribution in [3.63, 3.8) is 0 Å². The van der Waals surface area contributed by atoms with Gasteiger partial charge in [-0.25, -0.2) is 17.8 Å². The highest BCUT2D eigenvalue weighted by atomic mass is 35.5. The number of aryl methyl sites for hydroxylation is 2. The summed E-state index contributed by atoms with van der Waals surface area (Å²) >= 11 is 5.70. The van der Waals surface area contributed by atoms with E-state index in [4.69, 9.17) is 11.6 Å². The van der Waals surface area contributed by atoms with Gasteiger partial charge in [0.05, 0.1) is 9.92 Å². The molecule has 10 heteroatoms. The van der Waals surface area contributed by atoms with Gasteiger partial charge in [0.2, 0.25) is 5.95 Å². The number of anilines is 5. The second kappa shape index (κ2) is 9.66. The van der Waals surface area contributed by atoms with E-state index in [2.05, 4.69) is 25.3 Å². The largest absolute Gasteiger partial charge is 0.340 e. The van der Waals surface area contributed by atoms with E-state index in [0.717, 1.165) is 35.1 Å². The molecule has 0 fully saturated rings. The van der Waals surface area contributed by atoms with Crippen LogP contribution >= 0.6 is 11.6 Å². The van der Waals surface area contributed by atoms with Crippen LogP contribution in [0.4, 0.5) is 33.2 Å². The summed E-state index contributed by atoms with van der Waals surface area (Å²) in [4.78, 5) is 8.78. The molecule has 0 aliphatic heterocycles. The van der Waals surface area contributed by atoms with E-state index in [1.54, 1.807) is 30.3 Å². The predicted octanol–water partition coefficient (Wildman–Crippen LogP) is 6.17. The predicted molar refractivity (Wildman–Crippen MR) is 133 cm³/mol. The number of nitrogens with zero attached hydrogens (tertiary/aromatic N) is 2. The molecular formula is C24H21ClFN5O2S. The van der Waals surface area contributed by atoms with Crippen LogP contribution in [0.5, 0.6) is 0 Å². The van der Waals surface area contributed by atoms with Gasteiger partial charge in [-0.05, 0) is 68.4 Å². The van der Waals surface area contributed by atoms with Gasteiger partial charge in [-0.3, -0.25) is 4.72 Å². The molecule has 0 saturated carbocycles. The molecule has 0 atom stereocenters. The van der Waals surface area contributed by atoms with Crippen molar-refractivity contribution >= 4 is 50.5 Å². The summed E-state index contributed by atoms with van der Waals surface area (Å²) in [6, 6.07) is 19.5. The molecule has 0 spiro atoms. The molecular weight excluding hydrogens is 477 g/mol. The molecule has 1 heterocycles. The topological polar surface area (TPSA) is 96.0 Å². The van der Waals surface area contributed by atoms with Crippen LogP contribution in [-0.4, -0.2) is 18.4 Å². The van der Waals surface area contributed by atoms with E-state index < -0.39 is 15.8 Å². The molecule has 174 valence electrons. The first-order valence-corrected chi connectivity index (χ1v) is 12.1. The maximum absolute atomic E-state index is 13.3. The van der Waals surface area contributed by atoms with Gasteiger partial charge in [-0.2, -0.15) is 4.98 Å². The average molecular weight is 498 g/mol. The quantitative estimate of drug-likeness (QED) is 0.282. The number of halogens is 2. The van der Waals surface area contributed by atoms with Crippen molar-refractivity contribution in [1.29, 1.82) is 0 Å². The van der Waals surface area contributed by atoms with E-state index in [9.17, 15) is 12.8 Å². The van der Waals surface area contributed by atoms with Crippen molar-refractivity contribution in [1.82, 2.24) is 9.97 Å². The first-order valence-electron chi connectivity index (χ1n) is 10.2. The van der Waals surface area contributed by atoms with Gasteiger partial charge >= 0.3 is 0 Å². The Morgan fingerprint density at radius 1 is 0.794 bits per heavy atom. The third-order valence-corrected chi connectivity index (χ3v) is 6.44. The Labute approximate surface area is 202 Å². The standard InChI is InChI=1S/C24H21ClFN5O2S/c1-15-3-5-18(6-4-15)29-24-27-16(2)13-23(30-24)28-17-7-9-19(10-8-17)31-34(32,33)20-11-12-22(26)21(25)14-20/h3-14,31H,1-2H3,(H2,27,28,29,30). The van der Waals surface area contributed by atoms with Gasteiger partial charge in [0.25, 0.3) is 10.0 Å². The number of hydrogen-bond donors (Lipinski definition) is 3. The fraction of sp³-hybridized carbons (Fsp3) is 0.0833. The summed E-state index contributed by atoms with van der Waals surface area (Å²) in [5, 5.41) is 6.11. The summed E-state index contributed by atoms with van der Waals surface area (Å²) in [5.41, 5.74) is 3.85. The van der Waals surface area contributed by atoms with E-state index >= 15 is 0 Å². The molecule has 0 aliphatic carbocycles. The third-order valence-electron chi connectivity index (χ3n) is 4.77. The van der Waals surface area contributed by atoms with Gasteiger partial charge in [0, 0.05) is 28.8 Å². The normalized spacial score (nSPS) is 11.2. The van der Waals surface area contributed by atoms with Crippen LogP contribution in [0.25, 0.3) is 0 Å². The highest BCUT2D eigenvalue weighted by Crippen LogP contribution is 2.24. The van der Waals surface area contributed by atoms with Crippen LogP contribution in [0.15, 0.2) is 77.7 Å². The lowest BCUT2D eigenvalue weighted by molar-refractivity contribution is 0.599. The second-order valence-corrected chi connectivity index (χ2v) is 9.68. The van der Waals surface area contributed by atoms with Crippen LogP contribution in [0.1, 0.15) is 11.3 Å². The number of aromatic nitrogens is 2. The number of benzene rings is 3. The highest BCUT2D eigenvalue weighted by molar-refractivity contribution is 7.92. The molecule has 3 N–H and O–H groups in total. The number of nitrogens with one attached hydrogen (secondary N) is 3. The first kappa shape index (κ1) is 23.5. The maximum Gasteiger partial charge on any atom is 0.261 e. The van der Waals surface area contributed by atoms with Gasteiger partial charge in [0.15, 0.2) is 0 Å². The fourth-order valence-electron chi connectivity index (χ4n) is 3.08. The van der Waals surface area contributed by atoms with Crippen LogP contribution in [-0.2, 0) is 10.0 Å². The molecule has 0 radical (unpaired) electrons. The van der Waals surface area contributed by atoms with Gasteiger partial charge < -0.3 is 10.6 Å². The van der Waals surface area contributed by atoms with Crippen molar-refractivity contribution in [3.8, 4) is 0 Å². The second-order valence-electron chi connectivity index (χ2n) is 7.59. The van der Waals surface area contributed by atoms with Crippen molar-refractivity contribution in [3.05, 3.63) is 94.9 Å². The smallest absolute Gasteiger partial charge is 0.261 e. The van der Waals surface area contributed by atoms with Crippen molar-refractivity contribution in [2.45, 2.75) is 18.7 Å². The van der Waals surface area contributed by atoms with Crippen molar-refractivity contribution < 1.29 is 12.8 Å². The average Bonchev–Trinajstić information content (AvgIpc) is 2.78. The molecule has 34 heavy (non-hydrogen) atoms.